The number of anilines is 1. The summed E-state index contributed by atoms with van der Waals surface area (Å²) in [6.07, 6.45) is 3.14. The lowest BCUT2D eigenvalue weighted by molar-refractivity contribution is -0.138. The van der Waals surface area contributed by atoms with Crippen LogP contribution in [0.2, 0.25) is 5.02 Å². The number of nitrogens with one attached hydrogen (secondary N) is 1. The maximum atomic E-state index is 13.0. The van der Waals surface area contributed by atoms with Crippen molar-refractivity contribution in [3.63, 3.8) is 0 Å². The Morgan fingerprint density at radius 3 is 2.57 bits per heavy atom. The number of nitrogens with zero attached hydrogens (tertiary/aromatic N) is 1. The van der Waals surface area contributed by atoms with Crippen LogP contribution in [0.15, 0.2) is 18.2 Å². The topological polar surface area (TPSA) is 58.6 Å². The molecule has 1 heterocycles. The quantitative estimate of drug-likeness (QED) is 0.855. The predicted molar refractivity (Wildman–Crippen MR) is 90.9 cm³/mol. The van der Waals surface area contributed by atoms with Crippen LogP contribution < -0.4 is 5.32 Å². The minimum Gasteiger partial charge on any atom is -0.468 e. The Bertz CT molecular complexity index is 581. The van der Waals surface area contributed by atoms with Gasteiger partial charge in [-0.3, -0.25) is 9.59 Å². The molecule has 2 atom stereocenters. The van der Waals surface area contributed by atoms with Crippen LogP contribution >= 0.6 is 11.6 Å². The predicted octanol–water partition coefficient (Wildman–Crippen LogP) is 3.33. The Morgan fingerprint density at radius 2 is 1.96 bits per heavy atom. The average molecular weight is 339 g/mol. The number of hydrogen-bond donors (Lipinski definition) is 1. The first kappa shape index (κ1) is 17.6. The highest BCUT2D eigenvalue weighted by atomic mass is 35.5. The number of halogens is 1. The SMILES string of the molecule is COC(=O)CNc1ccc(Cl)cc1C(=O)N1C(C)CCCC1C. The van der Waals surface area contributed by atoms with E-state index in [1.165, 1.54) is 7.11 Å². The molecule has 1 aromatic rings. The lowest BCUT2D eigenvalue weighted by atomic mass is 9.96. The van der Waals surface area contributed by atoms with Gasteiger partial charge < -0.3 is 15.0 Å². The maximum absolute atomic E-state index is 13.0. The number of esters is 1. The molecule has 0 bridgehead atoms. The molecule has 1 aromatic carbocycles. The van der Waals surface area contributed by atoms with Gasteiger partial charge >= 0.3 is 5.97 Å². The van der Waals surface area contributed by atoms with Crippen LogP contribution in [0.25, 0.3) is 0 Å². The molecule has 0 spiro atoms. The molecule has 2 unspecified atom stereocenters. The van der Waals surface area contributed by atoms with Crippen molar-refractivity contribution in [1.29, 1.82) is 0 Å². The van der Waals surface area contributed by atoms with Gasteiger partial charge in [-0.2, -0.15) is 0 Å². The van der Waals surface area contributed by atoms with E-state index >= 15 is 0 Å². The van der Waals surface area contributed by atoms with Crippen LogP contribution in [0.5, 0.6) is 0 Å². The first-order valence-corrected chi connectivity index (χ1v) is 8.24. The molecular weight excluding hydrogens is 316 g/mol. The highest BCUT2D eigenvalue weighted by Gasteiger charge is 2.30. The number of piperidine rings is 1. The summed E-state index contributed by atoms with van der Waals surface area (Å²) in [7, 11) is 1.33. The van der Waals surface area contributed by atoms with Gasteiger partial charge in [-0.05, 0) is 51.3 Å². The molecule has 1 amide bonds. The third-order valence-electron chi connectivity index (χ3n) is 4.29. The Balaban J connectivity index is 2.27. The standard InChI is InChI=1S/C17H23ClN2O3/c1-11-5-4-6-12(2)20(11)17(22)14-9-13(18)7-8-15(14)19-10-16(21)23-3/h7-9,11-12,19H,4-6,10H2,1-3H3. The minimum atomic E-state index is -0.391. The summed E-state index contributed by atoms with van der Waals surface area (Å²) in [5, 5.41) is 3.45. The van der Waals surface area contributed by atoms with E-state index in [1.54, 1.807) is 18.2 Å². The summed E-state index contributed by atoms with van der Waals surface area (Å²) in [5.41, 5.74) is 1.08. The summed E-state index contributed by atoms with van der Waals surface area (Å²) in [6, 6.07) is 5.45. The third-order valence-corrected chi connectivity index (χ3v) is 4.53. The van der Waals surface area contributed by atoms with E-state index in [2.05, 4.69) is 23.9 Å². The number of ether oxygens (including phenoxy) is 1. The molecule has 6 heteroatoms. The summed E-state index contributed by atoms with van der Waals surface area (Å²) in [6.45, 7) is 4.14. The van der Waals surface area contributed by atoms with Crippen LogP contribution in [0.4, 0.5) is 5.69 Å². The van der Waals surface area contributed by atoms with E-state index in [1.807, 2.05) is 4.90 Å². The fraction of sp³-hybridized carbons (Fsp3) is 0.529. The molecule has 1 aliphatic rings. The van der Waals surface area contributed by atoms with Crippen molar-refractivity contribution >= 4 is 29.2 Å². The van der Waals surface area contributed by atoms with E-state index in [-0.39, 0.29) is 24.5 Å². The zero-order valence-electron chi connectivity index (χ0n) is 13.8. The number of rotatable bonds is 4. The summed E-state index contributed by atoms with van der Waals surface area (Å²) < 4.78 is 4.62. The van der Waals surface area contributed by atoms with E-state index in [4.69, 9.17) is 11.6 Å². The lowest BCUT2D eigenvalue weighted by Crippen LogP contribution is -2.47. The van der Waals surface area contributed by atoms with Gasteiger partial charge in [-0.25, -0.2) is 0 Å². The highest BCUT2D eigenvalue weighted by molar-refractivity contribution is 6.31. The van der Waals surface area contributed by atoms with E-state index in [9.17, 15) is 9.59 Å². The lowest BCUT2D eigenvalue weighted by Gasteiger charge is -2.39. The van der Waals surface area contributed by atoms with Crippen molar-refractivity contribution in [3.05, 3.63) is 28.8 Å². The largest absolute Gasteiger partial charge is 0.468 e. The summed E-state index contributed by atoms with van der Waals surface area (Å²) >= 11 is 6.07. The number of hydrogen-bond acceptors (Lipinski definition) is 4. The van der Waals surface area contributed by atoms with Crippen LogP contribution in [0.1, 0.15) is 43.5 Å². The van der Waals surface area contributed by atoms with Gasteiger partial charge in [-0.1, -0.05) is 11.6 Å². The van der Waals surface area contributed by atoms with Crippen molar-refractivity contribution in [1.82, 2.24) is 4.90 Å². The van der Waals surface area contributed by atoms with Gasteiger partial charge in [0.25, 0.3) is 5.91 Å². The number of methoxy groups -OCH3 is 1. The van der Waals surface area contributed by atoms with E-state index in [0.717, 1.165) is 19.3 Å². The molecule has 0 saturated carbocycles. The number of likely N-dealkylation sites (tertiary alicyclic amines) is 1. The van der Waals surface area contributed by atoms with Gasteiger partial charge in [0.2, 0.25) is 0 Å². The van der Waals surface area contributed by atoms with Crippen LogP contribution in [0.3, 0.4) is 0 Å². The second-order valence-electron chi connectivity index (χ2n) is 5.96. The van der Waals surface area contributed by atoms with E-state index < -0.39 is 5.97 Å². The van der Waals surface area contributed by atoms with Gasteiger partial charge in [0, 0.05) is 22.8 Å². The number of carbonyl (C=O) groups excluding carboxylic acids is 2. The molecule has 0 aromatic heterocycles. The van der Waals surface area contributed by atoms with Crippen LogP contribution in [-0.2, 0) is 9.53 Å². The van der Waals surface area contributed by atoms with Crippen molar-refractivity contribution in [2.24, 2.45) is 0 Å². The maximum Gasteiger partial charge on any atom is 0.325 e. The zero-order valence-corrected chi connectivity index (χ0v) is 14.5. The fourth-order valence-electron chi connectivity index (χ4n) is 3.05. The second kappa shape index (κ2) is 7.68. The third kappa shape index (κ3) is 4.16. The average Bonchev–Trinajstić information content (AvgIpc) is 2.52. The van der Waals surface area contributed by atoms with E-state index in [0.29, 0.717) is 16.3 Å². The zero-order chi connectivity index (χ0) is 17.0. The number of amides is 1. The van der Waals surface area contributed by atoms with Crippen molar-refractivity contribution in [2.45, 2.75) is 45.2 Å². The molecule has 2 rings (SSSR count). The van der Waals surface area contributed by atoms with Gasteiger partial charge in [-0.15, -0.1) is 0 Å². The Hall–Kier alpha value is -1.75. The minimum absolute atomic E-state index is 0.00349. The molecular formula is C17H23ClN2O3. The number of benzene rings is 1. The molecule has 1 aliphatic heterocycles. The van der Waals surface area contributed by atoms with Gasteiger partial charge in [0.05, 0.1) is 12.7 Å². The number of carbonyl (C=O) groups is 2. The summed E-state index contributed by atoms with van der Waals surface area (Å²) in [5.74, 6) is -0.447. The van der Waals surface area contributed by atoms with Crippen molar-refractivity contribution in [3.8, 4) is 0 Å². The molecule has 0 aliphatic carbocycles. The van der Waals surface area contributed by atoms with Crippen LogP contribution in [0, 0.1) is 0 Å². The molecule has 1 N–H and O–H groups in total. The van der Waals surface area contributed by atoms with Crippen LogP contribution in [-0.4, -0.2) is 42.5 Å². The summed E-state index contributed by atoms with van der Waals surface area (Å²) in [4.78, 5) is 26.3. The smallest absolute Gasteiger partial charge is 0.325 e. The normalized spacial score (nSPS) is 21.0. The monoisotopic (exact) mass is 338 g/mol. The molecule has 0 radical (unpaired) electrons. The Kier molecular flexibility index (Phi) is 5.88. The first-order chi connectivity index (χ1) is 10.9. The molecule has 1 saturated heterocycles. The fourth-order valence-corrected chi connectivity index (χ4v) is 3.22. The first-order valence-electron chi connectivity index (χ1n) is 7.87. The Labute approximate surface area is 141 Å². The van der Waals surface area contributed by atoms with Gasteiger partial charge in [0.15, 0.2) is 0 Å². The molecule has 1 fully saturated rings. The van der Waals surface area contributed by atoms with Gasteiger partial charge in [0.1, 0.15) is 6.54 Å². The Morgan fingerprint density at radius 1 is 1.30 bits per heavy atom. The second-order valence-corrected chi connectivity index (χ2v) is 6.40. The highest BCUT2D eigenvalue weighted by Crippen LogP contribution is 2.28. The molecule has 23 heavy (non-hydrogen) atoms. The molecule has 126 valence electrons. The molecule has 5 nitrogen and oxygen atoms in total. The van der Waals surface area contributed by atoms with Crippen molar-refractivity contribution in [2.75, 3.05) is 19.0 Å². The van der Waals surface area contributed by atoms with Crippen molar-refractivity contribution < 1.29 is 14.3 Å².